The van der Waals surface area contributed by atoms with E-state index in [0.717, 1.165) is 11.1 Å². The molecule has 2 N–H and O–H groups in total. The standard InChI is InChI=1S/C26H31F3N2O3/c1-18(23(30)32)22(15-19-9-11-21(34-2)12-10-19)24(33)31-16-25(17-31,13-6-14-26(27,28)29)20-7-4-3-5-8-20/h3-5,7-12,18,22H,6,13-17H2,1-2H3,(H2,30,32)/t18?,22-/m1/s1. The van der Waals surface area contributed by atoms with Crippen LogP contribution in [0, 0.1) is 11.8 Å². The van der Waals surface area contributed by atoms with Crippen LogP contribution in [0.1, 0.15) is 37.3 Å². The van der Waals surface area contributed by atoms with E-state index in [4.69, 9.17) is 10.5 Å². The van der Waals surface area contributed by atoms with Crippen LogP contribution in [0.4, 0.5) is 13.2 Å². The first-order chi connectivity index (χ1) is 16.0. The molecule has 8 heteroatoms. The number of likely N-dealkylation sites (tertiary alicyclic amines) is 1. The minimum atomic E-state index is -4.21. The molecule has 1 heterocycles. The van der Waals surface area contributed by atoms with E-state index in [1.165, 1.54) is 0 Å². The molecule has 0 radical (unpaired) electrons. The summed E-state index contributed by atoms with van der Waals surface area (Å²) in [6.45, 7) is 2.28. The van der Waals surface area contributed by atoms with Crippen molar-refractivity contribution in [3.63, 3.8) is 0 Å². The Kier molecular flexibility index (Phi) is 7.89. The molecule has 184 valence electrons. The van der Waals surface area contributed by atoms with E-state index in [1.54, 1.807) is 31.1 Å². The molecule has 1 unspecified atom stereocenters. The topological polar surface area (TPSA) is 72.6 Å². The lowest BCUT2D eigenvalue weighted by atomic mass is 9.69. The van der Waals surface area contributed by atoms with Gasteiger partial charge < -0.3 is 15.4 Å². The summed E-state index contributed by atoms with van der Waals surface area (Å²) in [6.07, 6.45) is -4.41. The zero-order chi connectivity index (χ0) is 24.9. The van der Waals surface area contributed by atoms with Gasteiger partial charge in [0.05, 0.1) is 13.0 Å². The van der Waals surface area contributed by atoms with Gasteiger partial charge in [-0.2, -0.15) is 13.2 Å². The highest BCUT2D eigenvalue weighted by Gasteiger charge is 2.48. The molecule has 1 aliphatic heterocycles. The molecule has 0 spiro atoms. The maximum atomic E-state index is 13.5. The average Bonchev–Trinajstić information content (AvgIpc) is 2.78. The fraction of sp³-hybridized carbons (Fsp3) is 0.462. The molecule has 0 aliphatic carbocycles. The largest absolute Gasteiger partial charge is 0.497 e. The van der Waals surface area contributed by atoms with Crippen molar-refractivity contribution in [2.24, 2.45) is 17.6 Å². The van der Waals surface area contributed by atoms with Gasteiger partial charge in [-0.3, -0.25) is 9.59 Å². The van der Waals surface area contributed by atoms with Gasteiger partial charge in [-0.15, -0.1) is 0 Å². The number of carbonyl (C=O) groups excluding carboxylic acids is 2. The minimum absolute atomic E-state index is 0.00656. The molecule has 1 aliphatic rings. The lowest BCUT2D eigenvalue weighted by Gasteiger charge is -2.52. The summed E-state index contributed by atoms with van der Waals surface area (Å²) >= 11 is 0. The Morgan fingerprint density at radius 3 is 2.24 bits per heavy atom. The predicted octanol–water partition coefficient (Wildman–Crippen LogP) is 4.49. The third-order valence-corrected chi connectivity index (χ3v) is 6.78. The molecule has 2 atom stereocenters. The number of methoxy groups -OCH3 is 1. The van der Waals surface area contributed by atoms with Crippen molar-refractivity contribution in [1.82, 2.24) is 4.90 Å². The molecule has 2 aromatic rings. The van der Waals surface area contributed by atoms with E-state index in [0.29, 0.717) is 31.7 Å². The van der Waals surface area contributed by atoms with Gasteiger partial charge in [-0.1, -0.05) is 49.4 Å². The van der Waals surface area contributed by atoms with Crippen molar-refractivity contribution in [3.8, 4) is 5.75 Å². The van der Waals surface area contributed by atoms with Crippen LogP contribution in [0.25, 0.3) is 0 Å². The van der Waals surface area contributed by atoms with E-state index in [1.807, 2.05) is 42.5 Å². The molecule has 3 rings (SSSR count). The van der Waals surface area contributed by atoms with Crippen LogP contribution in [0.2, 0.25) is 0 Å². The fourth-order valence-corrected chi connectivity index (χ4v) is 4.67. The van der Waals surface area contributed by atoms with Gasteiger partial charge in [-0.25, -0.2) is 0 Å². The number of nitrogens with two attached hydrogens (primary N) is 1. The molecule has 1 fully saturated rings. The van der Waals surface area contributed by atoms with E-state index in [2.05, 4.69) is 0 Å². The highest BCUT2D eigenvalue weighted by Crippen LogP contribution is 2.41. The summed E-state index contributed by atoms with van der Waals surface area (Å²) in [7, 11) is 1.56. The second-order valence-electron chi connectivity index (χ2n) is 9.16. The van der Waals surface area contributed by atoms with Crippen LogP contribution in [-0.4, -0.2) is 43.1 Å². The number of carbonyl (C=O) groups is 2. The minimum Gasteiger partial charge on any atom is -0.497 e. The summed E-state index contributed by atoms with van der Waals surface area (Å²) in [6, 6.07) is 16.6. The average molecular weight is 477 g/mol. The maximum absolute atomic E-state index is 13.5. The van der Waals surface area contributed by atoms with Crippen molar-refractivity contribution in [2.75, 3.05) is 20.2 Å². The van der Waals surface area contributed by atoms with Crippen LogP contribution in [-0.2, 0) is 21.4 Å². The number of hydrogen-bond acceptors (Lipinski definition) is 3. The highest BCUT2D eigenvalue weighted by molar-refractivity contribution is 5.87. The number of rotatable bonds is 10. The molecular formula is C26H31F3N2O3. The fourth-order valence-electron chi connectivity index (χ4n) is 4.67. The first-order valence-corrected chi connectivity index (χ1v) is 11.4. The van der Waals surface area contributed by atoms with Gasteiger partial charge in [0.15, 0.2) is 0 Å². The van der Waals surface area contributed by atoms with Crippen LogP contribution in [0.5, 0.6) is 5.75 Å². The molecule has 1 saturated heterocycles. The molecule has 34 heavy (non-hydrogen) atoms. The van der Waals surface area contributed by atoms with Gasteiger partial charge in [0.1, 0.15) is 5.75 Å². The zero-order valence-electron chi connectivity index (χ0n) is 19.5. The Labute approximate surface area is 198 Å². The number of primary amides is 1. The lowest BCUT2D eigenvalue weighted by molar-refractivity contribution is -0.149. The lowest BCUT2D eigenvalue weighted by Crippen LogP contribution is -2.63. The molecule has 5 nitrogen and oxygen atoms in total. The summed E-state index contributed by atoms with van der Waals surface area (Å²) in [5, 5.41) is 0. The molecule has 0 saturated carbocycles. The number of ether oxygens (including phenoxy) is 1. The number of benzene rings is 2. The normalized spacial score (nSPS) is 16.9. The van der Waals surface area contributed by atoms with Crippen molar-refractivity contribution in [2.45, 2.75) is 44.2 Å². The molecule has 0 aromatic heterocycles. The molecule has 2 amide bonds. The highest BCUT2D eigenvalue weighted by atomic mass is 19.4. The molecular weight excluding hydrogens is 445 g/mol. The van der Waals surface area contributed by atoms with Crippen LogP contribution < -0.4 is 10.5 Å². The number of halogens is 3. The van der Waals surface area contributed by atoms with Crippen molar-refractivity contribution in [1.29, 1.82) is 0 Å². The quantitative estimate of drug-likeness (QED) is 0.549. The smallest absolute Gasteiger partial charge is 0.389 e. The summed E-state index contributed by atoms with van der Waals surface area (Å²) in [5.41, 5.74) is 6.82. The third kappa shape index (κ3) is 6.10. The summed E-state index contributed by atoms with van der Waals surface area (Å²) in [5.74, 6) is -1.43. The number of nitrogens with zero attached hydrogens (tertiary/aromatic N) is 1. The van der Waals surface area contributed by atoms with E-state index < -0.39 is 35.8 Å². The zero-order valence-corrected chi connectivity index (χ0v) is 19.5. The van der Waals surface area contributed by atoms with Crippen LogP contribution >= 0.6 is 0 Å². The first-order valence-electron chi connectivity index (χ1n) is 11.4. The van der Waals surface area contributed by atoms with Gasteiger partial charge in [-0.05, 0) is 42.5 Å². The Hall–Kier alpha value is -3.03. The Balaban J connectivity index is 1.76. The maximum Gasteiger partial charge on any atom is 0.389 e. The number of amides is 2. The Bertz CT molecular complexity index is 971. The van der Waals surface area contributed by atoms with Crippen LogP contribution in [0.15, 0.2) is 54.6 Å². The van der Waals surface area contributed by atoms with Crippen LogP contribution in [0.3, 0.4) is 0 Å². The summed E-state index contributed by atoms with van der Waals surface area (Å²) < 4.78 is 43.5. The second-order valence-corrected chi connectivity index (χ2v) is 9.16. The van der Waals surface area contributed by atoms with E-state index in [9.17, 15) is 22.8 Å². The molecule has 0 bridgehead atoms. The molecule has 2 aromatic carbocycles. The third-order valence-electron chi connectivity index (χ3n) is 6.78. The number of hydrogen-bond donors (Lipinski definition) is 1. The van der Waals surface area contributed by atoms with Gasteiger partial charge in [0.2, 0.25) is 11.8 Å². The Morgan fingerprint density at radius 2 is 1.71 bits per heavy atom. The van der Waals surface area contributed by atoms with E-state index >= 15 is 0 Å². The van der Waals surface area contributed by atoms with Gasteiger partial charge in [0.25, 0.3) is 0 Å². The van der Waals surface area contributed by atoms with E-state index in [-0.39, 0.29) is 12.3 Å². The Morgan fingerprint density at radius 1 is 1.09 bits per heavy atom. The monoisotopic (exact) mass is 476 g/mol. The first kappa shape index (κ1) is 25.6. The number of alkyl halides is 3. The predicted molar refractivity (Wildman–Crippen MR) is 123 cm³/mol. The van der Waals surface area contributed by atoms with Gasteiger partial charge in [0, 0.05) is 30.8 Å². The second kappa shape index (κ2) is 10.5. The van der Waals surface area contributed by atoms with Crippen molar-refractivity contribution in [3.05, 3.63) is 65.7 Å². The van der Waals surface area contributed by atoms with Crippen molar-refractivity contribution >= 4 is 11.8 Å². The van der Waals surface area contributed by atoms with Gasteiger partial charge >= 0.3 is 6.18 Å². The van der Waals surface area contributed by atoms with Crippen molar-refractivity contribution < 1.29 is 27.5 Å². The summed E-state index contributed by atoms with van der Waals surface area (Å²) in [4.78, 5) is 27.1. The SMILES string of the molecule is COc1ccc(C[C@@H](C(=O)N2CC(CCCC(F)(F)F)(c3ccccc3)C2)C(C)C(N)=O)cc1.